The van der Waals surface area contributed by atoms with E-state index in [4.69, 9.17) is 0 Å². The van der Waals surface area contributed by atoms with Crippen molar-refractivity contribution in [3.8, 4) is 0 Å². The molecule has 1 unspecified atom stereocenters. The zero-order chi connectivity index (χ0) is 17.0. The minimum absolute atomic E-state index is 0.0492. The molecule has 0 spiro atoms. The summed E-state index contributed by atoms with van der Waals surface area (Å²) in [5, 5.41) is 2.58. The summed E-state index contributed by atoms with van der Waals surface area (Å²) < 4.78 is 35.6. The average Bonchev–Trinajstić information content (AvgIpc) is 2.86. The molecule has 0 bridgehead atoms. The van der Waals surface area contributed by atoms with Crippen LogP contribution in [0.25, 0.3) is 0 Å². The number of hydrogen-bond acceptors (Lipinski definition) is 4. The summed E-state index contributed by atoms with van der Waals surface area (Å²) in [7, 11) is -1.56. The molecular weight excluding hydrogens is 323 g/mol. The van der Waals surface area contributed by atoms with E-state index in [0.29, 0.717) is 6.42 Å². The fourth-order valence-corrected chi connectivity index (χ4v) is 4.19. The number of nitrogens with one attached hydrogen (secondary N) is 1. The first-order chi connectivity index (χ1) is 10.8. The Kier molecular flexibility index (Phi) is 5.35. The third-order valence-corrected chi connectivity index (χ3v) is 5.61. The van der Waals surface area contributed by atoms with E-state index in [-0.39, 0.29) is 36.3 Å². The number of benzene rings is 1. The van der Waals surface area contributed by atoms with Gasteiger partial charge in [0.15, 0.2) is 9.84 Å². The van der Waals surface area contributed by atoms with E-state index in [1.807, 2.05) is 0 Å². The van der Waals surface area contributed by atoms with Crippen molar-refractivity contribution in [3.63, 3.8) is 0 Å². The molecular formula is C15H19FN2O4S. The highest BCUT2D eigenvalue weighted by atomic mass is 32.2. The first-order valence-electron chi connectivity index (χ1n) is 7.24. The number of rotatable bonds is 5. The topological polar surface area (TPSA) is 83.6 Å². The van der Waals surface area contributed by atoms with Crippen LogP contribution in [0.1, 0.15) is 18.4 Å². The second kappa shape index (κ2) is 7.08. The lowest BCUT2D eigenvalue weighted by Crippen LogP contribution is -2.40. The van der Waals surface area contributed by atoms with Gasteiger partial charge in [0, 0.05) is 19.6 Å². The summed E-state index contributed by atoms with van der Waals surface area (Å²) in [6.45, 7) is 0.202. The summed E-state index contributed by atoms with van der Waals surface area (Å²) >= 11 is 0. The molecule has 1 saturated heterocycles. The summed E-state index contributed by atoms with van der Waals surface area (Å²) in [6, 6.07) is 5.32. The van der Waals surface area contributed by atoms with Gasteiger partial charge in [-0.15, -0.1) is 0 Å². The Morgan fingerprint density at radius 3 is 2.52 bits per heavy atom. The SMILES string of the molecule is CN(C(=O)CC(=O)NCc1ccc(F)cc1)C1CCS(=O)(=O)C1. The van der Waals surface area contributed by atoms with Crippen LogP contribution in [0.4, 0.5) is 4.39 Å². The van der Waals surface area contributed by atoms with Gasteiger partial charge in [-0.1, -0.05) is 12.1 Å². The van der Waals surface area contributed by atoms with Gasteiger partial charge in [0.2, 0.25) is 11.8 Å². The molecule has 0 saturated carbocycles. The lowest BCUT2D eigenvalue weighted by atomic mass is 10.2. The first-order valence-corrected chi connectivity index (χ1v) is 9.06. The van der Waals surface area contributed by atoms with Crippen LogP contribution in [-0.2, 0) is 26.0 Å². The molecule has 1 aliphatic heterocycles. The predicted molar refractivity (Wildman–Crippen MR) is 82.7 cm³/mol. The molecule has 1 atom stereocenters. The highest BCUT2D eigenvalue weighted by molar-refractivity contribution is 7.91. The van der Waals surface area contributed by atoms with Crippen LogP contribution in [0.15, 0.2) is 24.3 Å². The van der Waals surface area contributed by atoms with Gasteiger partial charge in [0.1, 0.15) is 12.2 Å². The van der Waals surface area contributed by atoms with Crippen molar-refractivity contribution in [2.24, 2.45) is 0 Å². The molecule has 6 nitrogen and oxygen atoms in total. The average molecular weight is 342 g/mol. The van der Waals surface area contributed by atoms with Crippen LogP contribution >= 0.6 is 0 Å². The van der Waals surface area contributed by atoms with Crippen LogP contribution in [0.3, 0.4) is 0 Å². The Morgan fingerprint density at radius 1 is 1.30 bits per heavy atom. The molecule has 0 radical (unpaired) electrons. The maximum Gasteiger partial charge on any atom is 0.232 e. The lowest BCUT2D eigenvalue weighted by Gasteiger charge is -2.23. The molecule has 8 heteroatoms. The highest BCUT2D eigenvalue weighted by Crippen LogP contribution is 2.17. The minimum Gasteiger partial charge on any atom is -0.352 e. The van der Waals surface area contributed by atoms with Crippen molar-refractivity contribution in [1.29, 1.82) is 0 Å². The van der Waals surface area contributed by atoms with E-state index in [1.165, 1.54) is 24.1 Å². The third-order valence-electron chi connectivity index (χ3n) is 3.86. The second-order valence-corrected chi connectivity index (χ2v) is 7.87. The first kappa shape index (κ1) is 17.4. The van der Waals surface area contributed by atoms with Gasteiger partial charge in [0.25, 0.3) is 0 Å². The Hall–Kier alpha value is -1.96. The summed E-state index contributed by atoms with van der Waals surface area (Å²) in [4.78, 5) is 25.2. The van der Waals surface area contributed by atoms with Gasteiger partial charge in [-0.05, 0) is 24.1 Å². The number of amides is 2. The van der Waals surface area contributed by atoms with Crippen molar-refractivity contribution >= 4 is 21.7 Å². The van der Waals surface area contributed by atoms with Crippen LogP contribution in [0, 0.1) is 5.82 Å². The van der Waals surface area contributed by atoms with E-state index in [1.54, 1.807) is 12.1 Å². The van der Waals surface area contributed by atoms with Crippen molar-refractivity contribution in [2.75, 3.05) is 18.6 Å². The van der Waals surface area contributed by atoms with Crippen LogP contribution < -0.4 is 5.32 Å². The normalized spacial score (nSPS) is 19.3. The van der Waals surface area contributed by atoms with Gasteiger partial charge in [0.05, 0.1) is 11.5 Å². The maximum absolute atomic E-state index is 12.8. The molecule has 1 aromatic carbocycles. The number of sulfone groups is 1. The van der Waals surface area contributed by atoms with E-state index in [9.17, 15) is 22.4 Å². The van der Waals surface area contributed by atoms with Crippen LogP contribution in [0.5, 0.6) is 0 Å². The lowest BCUT2D eigenvalue weighted by molar-refractivity contribution is -0.136. The molecule has 1 aliphatic rings. The second-order valence-electron chi connectivity index (χ2n) is 5.64. The molecule has 23 heavy (non-hydrogen) atoms. The Morgan fingerprint density at radius 2 is 1.96 bits per heavy atom. The summed E-state index contributed by atoms with van der Waals surface area (Å²) in [5.41, 5.74) is 0.724. The predicted octanol–water partition coefficient (Wildman–Crippen LogP) is 0.478. The molecule has 126 valence electrons. The molecule has 2 amide bonds. The van der Waals surface area contributed by atoms with Crippen molar-refractivity contribution in [3.05, 3.63) is 35.6 Å². The number of hydrogen-bond donors (Lipinski definition) is 1. The number of carbonyl (C=O) groups is 2. The summed E-state index contributed by atoms with van der Waals surface area (Å²) in [6.07, 6.45) is 0.0655. The van der Waals surface area contributed by atoms with E-state index in [0.717, 1.165) is 5.56 Å². The van der Waals surface area contributed by atoms with Gasteiger partial charge in [-0.2, -0.15) is 0 Å². The maximum atomic E-state index is 12.8. The number of nitrogens with zero attached hydrogens (tertiary/aromatic N) is 1. The van der Waals surface area contributed by atoms with Crippen LogP contribution in [0.2, 0.25) is 0 Å². The largest absolute Gasteiger partial charge is 0.352 e. The molecule has 1 aromatic rings. The van der Waals surface area contributed by atoms with Gasteiger partial charge < -0.3 is 10.2 Å². The van der Waals surface area contributed by atoms with Gasteiger partial charge >= 0.3 is 0 Å². The Bertz CT molecular complexity index is 688. The molecule has 1 heterocycles. The molecule has 1 N–H and O–H groups in total. The monoisotopic (exact) mass is 342 g/mol. The quantitative estimate of drug-likeness (QED) is 0.789. The molecule has 0 aromatic heterocycles. The zero-order valence-corrected chi connectivity index (χ0v) is 13.6. The molecule has 2 rings (SSSR count). The standard InChI is InChI=1S/C15H19FN2O4S/c1-18(13-6-7-23(21,22)10-13)15(20)8-14(19)17-9-11-2-4-12(16)5-3-11/h2-5,13H,6-10H2,1H3,(H,17,19). The third kappa shape index (κ3) is 5.02. The molecule has 1 fully saturated rings. The zero-order valence-electron chi connectivity index (χ0n) is 12.8. The van der Waals surface area contributed by atoms with Crippen molar-refractivity contribution in [2.45, 2.75) is 25.4 Å². The van der Waals surface area contributed by atoms with Crippen molar-refractivity contribution < 1.29 is 22.4 Å². The Labute approximate surface area is 134 Å². The molecule has 0 aliphatic carbocycles. The van der Waals surface area contributed by atoms with E-state index >= 15 is 0 Å². The van der Waals surface area contributed by atoms with Crippen LogP contribution in [-0.4, -0.2) is 49.7 Å². The van der Waals surface area contributed by atoms with Crippen molar-refractivity contribution in [1.82, 2.24) is 10.2 Å². The van der Waals surface area contributed by atoms with Gasteiger partial charge in [-0.25, -0.2) is 12.8 Å². The summed E-state index contributed by atoms with van der Waals surface area (Å²) in [5.74, 6) is -1.20. The fourth-order valence-electron chi connectivity index (χ4n) is 2.41. The van der Waals surface area contributed by atoms with E-state index in [2.05, 4.69) is 5.32 Å². The smallest absolute Gasteiger partial charge is 0.232 e. The highest BCUT2D eigenvalue weighted by Gasteiger charge is 2.33. The fraction of sp³-hybridized carbons (Fsp3) is 0.467. The van der Waals surface area contributed by atoms with Gasteiger partial charge in [-0.3, -0.25) is 9.59 Å². The number of carbonyl (C=O) groups excluding carboxylic acids is 2. The minimum atomic E-state index is -3.08. The number of halogens is 1. The Balaban J connectivity index is 1.80. The van der Waals surface area contributed by atoms with E-state index < -0.39 is 21.7 Å².